The van der Waals surface area contributed by atoms with Gasteiger partial charge in [0.15, 0.2) is 5.13 Å². The van der Waals surface area contributed by atoms with Gasteiger partial charge in [-0.15, -0.1) is 23.7 Å². The maximum absolute atomic E-state index is 10.9. The van der Waals surface area contributed by atoms with Gasteiger partial charge in [-0.2, -0.15) is 0 Å². The van der Waals surface area contributed by atoms with Gasteiger partial charge in [-0.1, -0.05) is 24.3 Å². The lowest BCUT2D eigenvalue weighted by Gasteiger charge is -2.34. The first-order chi connectivity index (χ1) is 11.7. The van der Waals surface area contributed by atoms with Crippen molar-refractivity contribution in [3.8, 4) is 0 Å². The van der Waals surface area contributed by atoms with Crippen LogP contribution in [-0.2, 0) is 17.8 Å². The highest BCUT2D eigenvalue weighted by molar-refractivity contribution is 7.13. The van der Waals surface area contributed by atoms with Crippen LogP contribution in [0.25, 0.3) is 0 Å². The van der Waals surface area contributed by atoms with Crippen LogP contribution in [-0.4, -0.2) is 48.5 Å². The van der Waals surface area contributed by atoms with Gasteiger partial charge < -0.3 is 10.2 Å². The van der Waals surface area contributed by atoms with Gasteiger partial charge >= 0.3 is 0 Å². The van der Waals surface area contributed by atoms with Crippen LogP contribution < -0.4 is 10.2 Å². The third-order valence-corrected chi connectivity index (χ3v) is 5.11. The molecule has 0 bridgehead atoms. The zero-order valence-corrected chi connectivity index (χ0v) is 16.1. The van der Waals surface area contributed by atoms with Crippen LogP contribution in [0.3, 0.4) is 0 Å². The molecule has 7 heteroatoms. The minimum Gasteiger partial charge on any atom is -0.356 e. The number of nitrogens with one attached hydrogen (secondary N) is 1. The third-order valence-electron chi connectivity index (χ3n) is 4.28. The van der Waals surface area contributed by atoms with Crippen LogP contribution >= 0.6 is 23.7 Å². The van der Waals surface area contributed by atoms with E-state index in [0.29, 0.717) is 6.54 Å². The normalized spacial score (nSPS) is 14.8. The second-order valence-corrected chi connectivity index (χ2v) is 7.00. The maximum Gasteiger partial charge on any atom is 0.216 e. The van der Waals surface area contributed by atoms with Crippen molar-refractivity contribution < 1.29 is 4.79 Å². The molecule has 0 spiro atoms. The summed E-state index contributed by atoms with van der Waals surface area (Å²) in [5, 5.41) is 6.01. The fourth-order valence-corrected chi connectivity index (χ4v) is 3.62. The Labute approximate surface area is 159 Å². The topological polar surface area (TPSA) is 48.5 Å². The molecule has 0 saturated carbocycles. The molecule has 1 amide bonds. The first-order valence-electron chi connectivity index (χ1n) is 8.40. The number of amides is 1. The lowest BCUT2D eigenvalue weighted by Crippen LogP contribution is -2.45. The summed E-state index contributed by atoms with van der Waals surface area (Å²) >= 11 is 1.71. The highest BCUT2D eigenvalue weighted by Crippen LogP contribution is 2.19. The summed E-state index contributed by atoms with van der Waals surface area (Å²) in [4.78, 5) is 20.1. The Balaban J connectivity index is 0.00000225. The number of hydrogen-bond donors (Lipinski definition) is 1. The van der Waals surface area contributed by atoms with Crippen LogP contribution in [0, 0.1) is 0 Å². The van der Waals surface area contributed by atoms with E-state index in [4.69, 9.17) is 0 Å². The fourth-order valence-electron chi connectivity index (χ4n) is 2.92. The van der Waals surface area contributed by atoms with Crippen LogP contribution in [0.5, 0.6) is 0 Å². The van der Waals surface area contributed by atoms with Crippen LogP contribution in [0.2, 0.25) is 0 Å². The molecule has 0 atom stereocenters. The zero-order chi connectivity index (χ0) is 16.8. The highest BCUT2D eigenvalue weighted by Gasteiger charge is 2.18. The molecule has 2 heterocycles. The number of benzene rings is 1. The van der Waals surface area contributed by atoms with Crippen LogP contribution in [0.15, 0.2) is 35.8 Å². The Morgan fingerprint density at radius 1 is 1.16 bits per heavy atom. The van der Waals surface area contributed by atoms with E-state index in [2.05, 4.69) is 44.4 Å². The monoisotopic (exact) mass is 380 g/mol. The van der Waals surface area contributed by atoms with Crippen molar-refractivity contribution in [3.63, 3.8) is 0 Å². The predicted octanol–water partition coefficient (Wildman–Crippen LogP) is 2.57. The molecule has 0 radical (unpaired) electrons. The summed E-state index contributed by atoms with van der Waals surface area (Å²) in [5.41, 5.74) is 2.61. The number of halogens is 1. The maximum atomic E-state index is 10.9. The van der Waals surface area contributed by atoms with E-state index in [9.17, 15) is 4.79 Å². The average molecular weight is 381 g/mol. The molecule has 25 heavy (non-hydrogen) atoms. The van der Waals surface area contributed by atoms with Gasteiger partial charge in [-0.25, -0.2) is 4.98 Å². The van der Waals surface area contributed by atoms with E-state index in [1.54, 1.807) is 18.3 Å². The van der Waals surface area contributed by atoms with E-state index in [1.807, 2.05) is 11.6 Å². The molecule has 0 aliphatic carbocycles. The Kier molecular flexibility index (Phi) is 7.68. The summed E-state index contributed by atoms with van der Waals surface area (Å²) in [5.74, 6) is 0.0310. The number of aromatic nitrogens is 1. The number of rotatable bonds is 6. The zero-order valence-electron chi connectivity index (χ0n) is 14.5. The van der Waals surface area contributed by atoms with E-state index in [-0.39, 0.29) is 18.3 Å². The molecule has 2 aromatic rings. The molecule has 1 saturated heterocycles. The molecule has 5 nitrogen and oxygen atoms in total. The number of carbonyl (C=O) groups excluding carboxylic acids is 1. The number of nitrogens with zero attached hydrogens (tertiary/aromatic N) is 3. The molecule has 136 valence electrons. The standard InChI is InChI=1S/C18H24N4OS.ClH/c1-15(23)19-7-6-16-2-4-17(5-3-16)14-21-9-11-22(12-10-21)18-20-8-13-24-18;/h2-5,8,13H,6-7,9-12,14H2,1H3,(H,19,23);1H. The van der Waals surface area contributed by atoms with Gasteiger partial charge in [-0.3, -0.25) is 9.69 Å². The van der Waals surface area contributed by atoms with E-state index in [0.717, 1.165) is 44.3 Å². The van der Waals surface area contributed by atoms with Gasteiger partial charge in [0.05, 0.1) is 0 Å². The number of thiazole rings is 1. The Bertz CT molecular complexity index is 640. The Hall–Kier alpha value is -1.63. The van der Waals surface area contributed by atoms with E-state index in [1.165, 1.54) is 11.1 Å². The van der Waals surface area contributed by atoms with Crippen molar-refractivity contribution >= 4 is 34.8 Å². The van der Waals surface area contributed by atoms with Crippen LogP contribution in [0.4, 0.5) is 5.13 Å². The average Bonchev–Trinajstić information content (AvgIpc) is 3.11. The number of carbonyl (C=O) groups is 1. The second-order valence-electron chi connectivity index (χ2n) is 6.13. The molecule has 1 aliphatic rings. The molecule has 3 rings (SSSR count). The summed E-state index contributed by atoms with van der Waals surface area (Å²) in [6.07, 6.45) is 2.76. The molecule has 1 aliphatic heterocycles. The van der Waals surface area contributed by atoms with E-state index >= 15 is 0 Å². The van der Waals surface area contributed by atoms with Gasteiger partial charge in [0.1, 0.15) is 0 Å². The van der Waals surface area contributed by atoms with Gasteiger partial charge in [-0.05, 0) is 17.5 Å². The lowest BCUT2D eigenvalue weighted by atomic mass is 10.1. The third kappa shape index (κ3) is 5.99. The van der Waals surface area contributed by atoms with Gasteiger partial charge in [0.2, 0.25) is 5.91 Å². The minimum absolute atomic E-state index is 0. The lowest BCUT2D eigenvalue weighted by molar-refractivity contribution is -0.118. The first-order valence-corrected chi connectivity index (χ1v) is 9.28. The van der Waals surface area contributed by atoms with Crippen molar-refractivity contribution in [3.05, 3.63) is 47.0 Å². The van der Waals surface area contributed by atoms with Crippen molar-refractivity contribution in [1.29, 1.82) is 0 Å². The smallest absolute Gasteiger partial charge is 0.216 e. The quantitative estimate of drug-likeness (QED) is 0.836. The van der Waals surface area contributed by atoms with Crippen molar-refractivity contribution in [2.45, 2.75) is 19.9 Å². The number of anilines is 1. The molecule has 1 aromatic heterocycles. The van der Waals surface area contributed by atoms with Gasteiger partial charge in [0.25, 0.3) is 0 Å². The summed E-state index contributed by atoms with van der Waals surface area (Å²) in [6.45, 7) is 7.49. The van der Waals surface area contributed by atoms with E-state index < -0.39 is 0 Å². The molecular formula is C18H25ClN4OS. The van der Waals surface area contributed by atoms with Crippen molar-refractivity contribution in [2.24, 2.45) is 0 Å². The Morgan fingerprint density at radius 3 is 2.44 bits per heavy atom. The predicted molar refractivity (Wildman–Crippen MR) is 106 cm³/mol. The molecule has 1 N–H and O–H groups in total. The van der Waals surface area contributed by atoms with Gasteiger partial charge in [0, 0.05) is 57.8 Å². The second kappa shape index (κ2) is 9.75. The Morgan fingerprint density at radius 2 is 1.84 bits per heavy atom. The summed E-state index contributed by atoms with van der Waals surface area (Å²) in [6, 6.07) is 8.75. The highest BCUT2D eigenvalue weighted by atomic mass is 35.5. The van der Waals surface area contributed by atoms with Crippen LogP contribution in [0.1, 0.15) is 18.1 Å². The number of hydrogen-bond acceptors (Lipinski definition) is 5. The fraction of sp³-hybridized carbons (Fsp3) is 0.444. The largest absolute Gasteiger partial charge is 0.356 e. The first kappa shape index (κ1) is 19.7. The van der Waals surface area contributed by atoms with Crippen molar-refractivity contribution in [2.75, 3.05) is 37.6 Å². The number of piperazine rings is 1. The summed E-state index contributed by atoms with van der Waals surface area (Å²) in [7, 11) is 0. The minimum atomic E-state index is 0. The molecular weight excluding hydrogens is 356 g/mol. The SMILES string of the molecule is CC(=O)NCCc1ccc(CN2CCN(c3nccs3)CC2)cc1.Cl. The molecule has 0 unspecified atom stereocenters. The van der Waals surface area contributed by atoms with Crippen molar-refractivity contribution in [1.82, 2.24) is 15.2 Å². The molecule has 1 aromatic carbocycles. The summed E-state index contributed by atoms with van der Waals surface area (Å²) < 4.78 is 0. The molecule has 1 fully saturated rings.